The van der Waals surface area contributed by atoms with E-state index in [1.807, 2.05) is 0 Å². The van der Waals surface area contributed by atoms with E-state index in [2.05, 4.69) is 23.8 Å². The summed E-state index contributed by atoms with van der Waals surface area (Å²) < 4.78 is 31.7. The molecule has 106 valence electrons. The van der Waals surface area contributed by atoms with E-state index < -0.39 is 26.8 Å². The maximum atomic E-state index is 11.3. The molecule has 0 bridgehead atoms. The van der Waals surface area contributed by atoms with Gasteiger partial charge in [-0.15, -0.1) is 0 Å². The molecule has 7 nitrogen and oxygen atoms in total. The molecule has 20 heavy (non-hydrogen) atoms. The zero-order chi connectivity index (χ0) is 15.3. The summed E-state index contributed by atoms with van der Waals surface area (Å²) in [5.41, 5.74) is -0.254. The molecule has 0 heterocycles. The van der Waals surface area contributed by atoms with Crippen molar-refractivity contribution in [3.8, 4) is 0 Å². The van der Waals surface area contributed by atoms with Gasteiger partial charge < -0.3 is 10.6 Å². The van der Waals surface area contributed by atoms with E-state index in [-0.39, 0.29) is 11.4 Å². The smallest absolute Gasteiger partial charge is 0.296 e. The Morgan fingerprint density at radius 2 is 1.65 bits per heavy atom. The number of carbonyl (C=O) groups excluding carboxylic acids is 2. The number of carbonyl (C=O) groups is 2. The number of hydrogen-bond donors (Lipinski definition) is 3. The first-order chi connectivity index (χ1) is 9.29. The molecule has 0 unspecified atom stereocenters. The number of amides is 2. The molecular formula is C12H12N2O5S. The monoisotopic (exact) mass is 296 g/mol. The molecule has 2 amide bonds. The molecule has 1 aromatic carbocycles. The SMILES string of the molecule is C=CC(=O)Nc1cccc(S(=O)(=O)O)c1NC(=O)C=C. The van der Waals surface area contributed by atoms with Gasteiger partial charge in [0.25, 0.3) is 10.1 Å². The van der Waals surface area contributed by atoms with Crippen molar-refractivity contribution >= 4 is 33.3 Å². The largest absolute Gasteiger partial charge is 0.321 e. The summed E-state index contributed by atoms with van der Waals surface area (Å²) in [4.78, 5) is 22.1. The highest BCUT2D eigenvalue weighted by Crippen LogP contribution is 2.29. The summed E-state index contributed by atoms with van der Waals surface area (Å²) in [5, 5.41) is 4.54. The maximum absolute atomic E-state index is 11.3. The van der Waals surface area contributed by atoms with Crippen molar-refractivity contribution in [2.75, 3.05) is 10.6 Å². The summed E-state index contributed by atoms with van der Waals surface area (Å²) in [6, 6.07) is 3.73. The van der Waals surface area contributed by atoms with Crippen LogP contribution >= 0.6 is 0 Å². The minimum absolute atomic E-state index is 0.000208. The van der Waals surface area contributed by atoms with E-state index in [4.69, 9.17) is 4.55 Å². The molecule has 0 radical (unpaired) electrons. The Morgan fingerprint density at radius 1 is 1.10 bits per heavy atom. The summed E-state index contributed by atoms with van der Waals surface area (Å²) in [6.07, 6.45) is 1.89. The van der Waals surface area contributed by atoms with Crippen LogP contribution in [0.3, 0.4) is 0 Å². The molecule has 0 aliphatic carbocycles. The molecule has 0 fully saturated rings. The van der Waals surface area contributed by atoms with Crippen molar-refractivity contribution in [1.29, 1.82) is 0 Å². The maximum Gasteiger partial charge on any atom is 0.296 e. The van der Waals surface area contributed by atoms with E-state index in [0.29, 0.717) is 0 Å². The first-order valence-corrected chi connectivity index (χ1v) is 6.71. The van der Waals surface area contributed by atoms with Gasteiger partial charge in [-0.05, 0) is 24.3 Å². The van der Waals surface area contributed by atoms with Crippen molar-refractivity contribution in [1.82, 2.24) is 0 Å². The lowest BCUT2D eigenvalue weighted by atomic mass is 10.2. The van der Waals surface area contributed by atoms with Gasteiger partial charge in [0.15, 0.2) is 0 Å². The van der Waals surface area contributed by atoms with Crippen LogP contribution in [0, 0.1) is 0 Å². The average molecular weight is 296 g/mol. The van der Waals surface area contributed by atoms with E-state index in [1.165, 1.54) is 12.1 Å². The Bertz CT molecular complexity index is 679. The Hall–Kier alpha value is -2.45. The summed E-state index contributed by atoms with van der Waals surface area (Å²) in [5.74, 6) is -1.30. The molecule has 0 spiro atoms. The van der Waals surface area contributed by atoms with Crippen LogP contribution in [0.4, 0.5) is 11.4 Å². The van der Waals surface area contributed by atoms with Gasteiger partial charge in [-0.25, -0.2) is 0 Å². The summed E-state index contributed by atoms with van der Waals surface area (Å²) in [7, 11) is -4.58. The minimum Gasteiger partial charge on any atom is -0.321 e. The van der Waals surface area contributed by atoms with Gasteiger partial charge in [0.2, 0.25) is 11.8 Å². The molecule has 1 rings (SSSR count). The summed E-state index contributed by atoms with van der Waals surface area (Å²) >= 11 is 0. The Kier molecular flexibility index (Phi) is 4.78. The van der Waals surface area contributed by atoms with Crippen LogP contribution in [-0.4, -0.2) is 24.8 Å². The number of benzene rings is 1. The molecule has 8 heteroatoms. The fourth-order valence-electron chi connectivity index (χ4n) is 1.34. The highest BCUT2D eigenvalue weighted by molar-refractivity contribution is 7.86. The second-order valence-corrected chi connectivity index (χ2v) is 4.93. The number of hydrogen-bond acceptors (Lipinski definition) is 4. The zero-order valence-corrected chi connectivity index (χ0v) is 11.1. The highest BCUT2D eigenvalue weighted by atomic mass is 32.2. The van der Waals surface area contributed by atoms with Gasteiger partial charge in [-0.3, -0.25) is 14.1 Å². The Labute approximate surface area is 115 Å². The summed E-state index contributed by atoms with van der Waals surface area (Å²) in [6.45, 7) is 6.48. The minimum atomic E-state index is -4.58. The number of nitrogens with one attached hydrogen (secondary N) is 2. The van der Waals surface area contributed by atoms with Crippen LogP contribution in [0.5, 0.6) is 0 Å². The lowest BCUT2D eigenvalue weighted by Gasteiger charge is -2.13. The van der Waals surface area contributed by atoms with Crippen molar-refractivity contribution < 1.29 is 22.6 Å². The normalized spacial score (nSPS) is 10.4. The predicted molar refractivity (Wildman–Crippen MR) is 73.9 cm³/mol. The second kappa shape index (κ2) is 6.13. The molecule has 1 aromatic rings. The fraction of sp³-hybridized carbons (Fsp3) is 0. The molecular weight excluding hydrogens is 284 g/mol. The van der Waals surface area contributed by atoms with Crippen LogP contribution in [0.2, 0.25) is 0 Å². The quantitative estimate of drug-likeness (QED) is 0.558. The molecule has 0 atom stereocenters. The molecule has 0 saturated heterocycles. The third-order valence-corrected chi connectivity index (χ3v) is 3.08. The standard InChI is InChI=1S/C12H12N2O5S/c1-3-10(15)13-8-6-5-7-9(20(17,18)19)12(8)14-11(16)4-2/h3-7H,1-2H2,(H,13,15)(H,14,16)(H,17,18,19). The van der Waals surface area contributed by atoms with Crippen molar-refractivity contribution in [2.45, 2.75) is 4.90 Å². The molecule has 0 aromatic heterocycles. The van der Waals surface area contributed by atoms with Crippen LogP contribution in [-0.2, 0) is 19.7 Å². The van der Waals surface area contributed by atoms with Gasteiger partial charge in [0.05, 0.1) is 11.4 Å². The fourth-order valence-corrected chi connectivity index (χ4v) is 2.01. The van der Waals surface area contributed by atoms with E-state index in [9.17, 15) is 18.0 Å². The predicted octanol–water partition coefficient (Wildman–Crippen LogP) is 1.18. The van der Waals surface area contributed by atoms with Crippen molar-refractivity contribution in [3.63, 3.8) is 0 Å². The van der Waals surface area contributed by atoms with E-state index in [1.54, 1.807) is 0 Å². The van der Waals surface area contributed by atoms with E-state index >= 15 is 0 Å². The number of rotatable bonds is 5. The van der Waals surface area contributed by atoms with Gasteiger partial charge in [0.1, 0.15) is 4.90 Å². The van der Waals surface area contributed by atoms with Crippen LogP contribution in [0.15, 0.2) is 48.4 Å². The zero-order valence-electron chi connectivity index (χ0n) is 10.3. The molecule has 3 N–H and O–H groups in total. The number of para-hydroxylation sites is 1. The highest BCUT2D eigenvalue weighted by Gasteiger charge is 2.20. The third-order valence-electron chi connectivity index (χ3n) is 2.18. The second-order valence-electron chi connectivity index (χ2n) is 3.54. The van der Waals surface area contributed by atoms with Gasteiger partial charge in [-0.1, -0.05) is 19.2 Å². The van der Waals surface area contributed by atoms with Gasteiger partial charge in [-0.2, -0.15) is 8.42 Å². The van der Waals surface area contributed by atoms with Crippen LogP contribution < -0.4 is 10.6 Å². The lowest BCUT2D eigenvalue weighted by Crippen LogP contribution is -2.16. The van der Waals surface area contributed by atoms with Gasteiger partial charge in [0, 0.05) is 0 Å². The van der Waals surface area contributed by atoms with Crippen molar-refractivity contribution in [3.05, 3.63) is 43.5 Å². The molecule has 0 saturated carbocycles. The third kappa shape index (κ3) is 3.77. The van der Waals surface area contributed by atoms with Gasteiger partial charge >= 0.3 is 0 Å². The lowest BCUT2D eigenvalue weighted by molar-refractivity contribution is -0.112. The van der Waals surface area contributed by atoms with Crippen LogP contribution in [0.1, 0.15) is 0 Å². The number of anilines is 2. The first kappa shape index (κ1) is 15.6. The molecule has 0 aliphatic rings. The van der Waals surface area contributed by atoms with E-state index in [0.717, 1.165) is 18.2 Å². The first-order valence-electron chi connectivity index (χ1n) is 5.27. The van der Waals surface area contributed by atoms with Crippen LogP contribution in [0.25, 0.3) is 0 Å². The molecule has 0 aliphatic heterocycles. The topological polar surface area (TPSA) is 113 Å². The Morgan fingerprint density at radius 3 is 2.15 bits per heavy atom. The van der Waals surface area contributed by atoms with Crippen molar-refractivity contribution in [2.24, 2.45) is 0 Å². The Balaban J connectivity index is 3.43. The average Bonchev–Trinajstić information content (AvgIpc) is 2.38.